The third-order valence-electron chi connectivity index (χ3n) is 3.94. The van der Waals surface area contributed by atoms with Crippen molar-refractivity contribution in [3.05, 3.63) is 0 Å². The molecule has 1 aliphatic rings. The van der Waals surface area contributed by atoms with E-state index in [-0.39, 0.29) is 12.6 Å². The van der Waals surface area contributed by atoms with Crippen molar-refractivity contribution in [2.24, 2.45) is 0 Å². The van der Waals surface area contributed by atoms with Crippen LogP contribution in [0.25, 0.3) is 0 Å². The molecule has 1 atom stereocenters. The summed E-state index contributed by atoms with van der Waals surface area (Å²) in [6.45, 7) is 4.57. The maximum absolute atomic E-state index is 12.2. The number of likely N-dealkylation sites (tertiary alicyclic amines) is 1. The number of aliphatic hydroxyl groups excluding tert-OH is 1. The number of aliphatic hydroxyl groups is 1. The highest BCUT2D eigenvalue weighted by Crippen LogP contribution is 2.19. The monoisotopic (exact) mass is 314 g/mol. The van der Waals surface area contributed by atoms with Gasteiger partial charge in [0.25, 0.3) is 0 Å². The molecule has 1 saturated heterocycles. The van der Waals surface area contributed by atoms with Crippen LogP contribution in [-0.4, -0.2) is 60.8 Å². The number of hydrogen-bond donors (Lipinski definition) is 2. The van der Waals surface area contributed by atoms with Crippen molar-refractivity contribution in [1.29, 1.82) is 0 Å². The second-order valence-corrected chi connectivity index (χ2v) is 5.74. The van der Waals surface area contributed by atoms with Gasteiger partial charge in [0.15, 0.2) is 0 Å². The van der Waals surface area contributed by atoms with Gasteiger partial charge in [0.05, 0.1) is 0 Å². The second kappa shape index (κ2) is 11.4. The van der Waals surface area contributed by atoms with Crippen LogP contribution in [0.4, 0.5) is 0 Å². The van der Waals surface area contributed by atoms with Gasteiger partial charge >= 0.3 is 11.8 Å². The molecule has 22 heavy (non-hydrogen) atoms. The van der Waals surface area contributed by atoms with Crippen molar-refractivity contribution in [2.45, 2.75) is 57.9 Å². The number of hydrogen-bond acceptors (Lipinski definition) is 4. The minimum absolute atomic E-state index is 0.00521. The van der Waals surface area contributed by atoms with Crippen LogP contribution in [0, 0.1) is 0 Å². The summed E-state index contributed by atoms with van der Waals surface area (Å²) in [5.41, 5.74) is 0. The summed E-state index contributed by atoms with van der Waals surface area (Å²) in [7, 11) is 0. The highest BCUT2D eigenvalue weighted by molar-refractivity contribution is 6.35. The third-order valence-corrected chi connectivity index (χ3v) is 3.94. The Labute approximate surface area is 133 Å². The molecule has 1 rings (SSSR count). The Hall–Kier alpha value is -1.14. The molecule has 1 heterocycles. The first-order chi connectivity index (χ1) is 10.7. The van der Waals surface area contributed by atoms with Gasteiger partial charge in [0.1, 0.15) is 0 Å². The van der Waals surface area contributed by atoms with Crippen LogP contribution in [0.15, 0.2) is 0 Å². The first-order valence-corrected chi connectivity index (χ1v) is 8.48. The number of carbonyl (C=O) groups is 2. The standard InChI is InChI=1S/C16H30N2O4/c1-2-3-12-22-13-6-9-17-15(20)16(21)18-10-5-4-7-14(18)8-11-19/h14,19H,2-13H2,1H3,(H,17,20). The number of amides is 2. The predicted molar refractivity (Wildman–Crippen MR) is 84.4 cm³/mol. The van der Waals surface area contributed by atoms with Crippen molar-refractivity contribution >= 4 is 11.8 Å². The van der Waals surface area contributed by atoms with E-state index in [0.717, 1.165) is 38.7 Å². The summed E-state index contributed by atoms with van der Waals surface area (Å²) >= 11 is 0. The van der Waals surface area contributed by atoms with Gasteiger partial charge in [-0.05, 0) is 38.5 Å². The molecule has 6 nitrogen and oxygen atoms in total. The van der Waals surface area contributed by atoms with Crippen LogP contribution in [0.1, 0.15) is 51.9 Å². The van der Waals surface area contributed by atoms with E-state index in [0.29, 0.717) is 32.5 Å². The van der Waals surface area contributed by atoms with E-state index < -0.39 is 11.8 Å². The van der Waals surface area contributed by atoms with E-state index in [9.17, 15) is 9.59 Å². The quantitative estimate of drug-likeness (QED) is 0.493. The molecule has 0 aromatic heterocycles. The number of carbonyl (C=O) groups excluding carboxylic acids is 2. The van der Waals surface area contributed by atoms with Crippen molar-refractivity contribution in [3.8, 4) is 0 Å². The largest absolute Gasteiger partial charge is 0.396 e. The van der Waals surface area contributed by atoms with Crippen molar-refractivity contribution in [1.82, 2.24) is 10.2 Å². The zero-order chi connectivity index (χ0) is 16.2. The average Bonchev–Trinajstić information content (AvgIpc) is 2.54. The number of nitrogens with zero attached hydrogens (tertiary/aromatic N) is 1. The lowest BCUT2D eigenvalue weighted by molar-refractivity contribution is -0.148. The number of ether oxygens (including phenoxy) is 1. The van der Waals surface area contributed by atoms with Gasteiger partial charge in [-0.25, -0.2) is 0 Å². The van der Waals surface area contributed by atoms with Gasteiger partial charge < -0.3 is 20.1 Å². The van der Waals surface area contributed by atoms with Crippen LogP contribution in [0.3, 0.4) is 0 Å². The molecule has 1 fully saturated rings. The smallest absolute Gasteiger partial charge is 0.312 e. The van der Waals surface area contributed by atoms with E-state index in [4.69, 9.17) is 9.84 Å². The fraction of sp³-hybridized carbons (Fsp3) is 0.875. The first kappa shape index (κ1) is 18.9. The lowest BCUT2D eigenvalue weighted by Gasteiger charge is -2.35. The fourth-order valence-electron chi connectivity index (χ4n) is 2.65. The third kappa shape index (κ3) is 6.75. The molecule has 0 saturated carbocycles. The molecule has 1 unspecified atom stereocenters. The summed E-state index contributed by atoms with van der Waals surface area (Å²) in [6, 6.07) is -0.00521. The summed E-state index contributed by atoms with van der Waals surface area (Å²) < 4.78 is 5.41. The number of rotatable bonds is 9. The van der Waals surface area contributed by atoms with Crippen LogP contribution in [0.5, 0.6) is 0 Å². The highest BCUT2D eigenvalue weighted by atomic mass is 16.5. The number of nitrogens with one attached hydrogen (secondary N) is 1. The molecule has 0 spiro atoms. The van der Waals surface area contributed by atoms with E-state index in [1.165, 1.54) is 0 Å². The topological polar surface area (TPSA) is 78.9 Å². The molecule has 128 valence electrons. The first-order valence-electron chi connectivity index (χ1n) is 8.48. The Morgan fingerprint density at radius 2 is 2.05 bits per heavy atom. The molecule has 0 bridgehead atoms. The van der Waals surface area contributed by atoms with Gasteiger partial charge in [-0.15, -0.1) is 0 Å². The summed E-state index contributed by atoms with van der Waals surface area (Å²) in [5, 5.41) is 11.7. The highest BCUT2D eigenvalue weighted by Gasteiger charge is 2.29. The van der Waals surface area contributed by atoms with Crippen LogP contribution in [-0.2, 0) is 14.3 Å². The molecule has 2 N–H and O–H groups in total. The minimum atomic E-state index is -0.543. The Balaban J connectivity index is 2.24. The van der Waals surface area contributed by atoms with Gasteiger partial charge in [0.2, 0.25) is 0 Å². The van der Waals surface area contributed by atoms with Crippen LogP contribution < -0.4 is 5.32 Å². The molecule has 6 heteroatoms. The Kier molecular flexibility index (Phi) is 9.82. The summed E-state index contributed by atoms with van der Waals surface area (Å²) in [4.78, 5) is 25.7. The van der Waals surface area contributed by atoms with E-state index >= 15 is 0 Å². The average molecular weight is 314 g/mol. The van der Waals surface area contributed by atoms with E-state index in [2.05, 4.69) is 12.2 Å². The minimum Gasteiger partial charge on any atom is -0.396 e. The Morgan fingerprint density at radius 1 is 1.27 bits per heavy atom. The lowest BCUT2D eigenvalue weighted by atomic mass is 9.99. The molecule has 0 aliphatic carbocycles. The van der Waals surface area contributed by atoms with Gasteiger partial charge in [-0.1, -0.05) is 13.3 Å². The van der Waals surface area contributed by atoms with Crippen molar-refractivity contribution < 1.29 is 19.4 Å². The Bertz CT molecular complexity index is 334. The van der Waals surface area contributed by atoms with Gasteiger partial charge in [-0.3, -0.25) is 9.59 Å². The predicted octanol–water partition coefficient (Wildman–Crippen LogP) is 1.07. The molecular weight excluding hydrogens is 284 g/mol. The molecule has 0 aromatic carbocycles. The fourth-order valence-corrected chi connectivity index (χ4v) is 2.65. The van der Waals surface area contributed by atoms with Gasteiger partial charge in [0, 0.05) is 39.0 Å². The van der Waals surface area contributed by atoms with Crippen molar-refractivity contribution in [3.63, 3.8) is 0 Å². The van der Waals surface area contributed by atoms with Crippen LogP contribution in [0.2, 0.25) is 0 Å². The second-order valence-electron chi connectivity index (χ2n) is 5.74. The maximum atomic E-state index is 12.2. The molecule has 0 radical (unpaired) electrons. The zero-order valence-electron chi connectivity index (χ0n) is 13.7. The normalized spacial score (nSPS) is 18.3. The maximum Gasteiger partial charge on any atom is 0.312 e. The molecule has 0 aromatic rings. The number of unbranched alkanes of at least 4 members (excludes halogenated alkanes) is 1. The molecular formula is C16H30N2O4. The van der Waals surface area contributed by atoms with E-state index in [1.807, 2.05) is 0 Å². The number of piperidine rings is 1. The zero-order valence-corrected chi connectivity index (χ0v) is 13.7. The lowest BCUT2D eigenvalue weighted by Crippen LogP contribution is -2.50. The summed E-state index contributed by atoms with van der Waals surface area (Å²) in [5.74, 6) is -1.01. The Morgan fingerprint density at radius 3 is 2.77 bits per heavy atom. The van der Waals surface area contributed by atoms with E-state index in [1.54, 1.807) is 4.90 Å². The SMILES string of the molecule is CCCCOCCCNC(=O)C(=O)N1CCCCC1CCO. The van der Waals surface area contributed by atoms with Crippen LogP contribution >= 0.6 is 0 Å². The van der Waals surface area contributed by atoms with Crippen molar-refractivity contribution in [2.75, 3.05) is 32.9 Å². The molecule has 1 aliphatic heterocycles. The van der Waals surface area contributed by atoms with Gasteiger partial charge in [-0.2, -0.15) is 0 Å². The summed E-state index contributed by atoms with van der Waals surface area (Å²) in [6.07, 6.45) is 6.25. The molecule has 2 amide bonds.